The van der Waals surface area contributed by atoms with Crippen LogP contribution in [0.15, 0.2) is 22.7 Å². The molecule has 0 aliphatic rings. The van der Waals surface area contributed by atoms with Gasteiger partial charge in [-0.3, -0.25) is 0 Å². The van der Waals surface area contributed by atoms with E-state index in [0.717, 1.165) is 28.4 Å². The molecule has 90 valence electrons. The Labute approximate surface area is 114 Å². The molecule has 0 fully saturated rings. The molecule has 0 aliphatic carbocycles. The molecule has 5 heteroatoms. The molecule has 1 aromatic carbocycles. The van der Waals surface area contributed by atoms with Gasteiger partial charge in [0.25, 0.3) is 0 Å². The molecule has 0 amide bonds. The summed E-state index contributed by atoms with van der Waals surface area (Å²) in [5.41, 5.74) is 2.55. The summed E-state index contributed by atoms with van der Waals surface area (Å²) >= 11 is 4.90. The fourth-order valence-corrected chi connectivity index (χ4v) is 2.52. The number of benzene rings is 1. The van der Waals surface area contributed by atoms with Crippen molar-refractivity contribution in [2.45, 2.75) is 26.8 Å². The molecular weight excluding hydrogens is 298 g/mol. The van der Waals surface area contributed by atoms with Crippen molar-refractivity contribution in [1.29, 1.82) is 0 Å². The van der Waals surface area contributed by atoms with Gasteiger partial charge >= 0.3 is 0 Å². The second kappa shape index (κ2) is 5.60. The molecule has 1 heterocycles. The Kier molecular flexibility index (Phi) is 4.12. The van der Waals surface area contributed by atoms with Gasteiger partial charge in [-0.25, -0.2) is 4.98 Å². The maximum Gasteiger partial charge on any atom is 0.202 e. The van der Waals surface area contributed by atoms with E-state index in [1.54, 1.807) is 0 Å². The lowest BCUT2D eigenvalue weighted by Gasteiger charge is -2.06. The summed E-state index contributed by atoms with van der Waals surface area (Å²) in [6.45, 7) is 4.95. The van der Waals surface area contributed by atoms with E-state index >= 15 is 0 Å². The van der Waals surface area contributed by atoms with Crippen LogP contribution in [0, 0.1) is 6.92 Å². The van der Waals surface area contributed by atoms with Gasteiger partial charge in [0.2, 0.25) is 5.13 Å². The minimum atomic E-state index is 0.781. The highest BCUT2D eigenvalue weighted by atomic mass is 79.9. The second-order valence-corrected chi connectivity index (χ2v) is 5.46. The van der Waals surface area contributed by atoms with Crippen molar-refractivity contribution in [3.05, 3.63) is 39.6 Å². The van der Waals surface area contributed by atoms with Crippen molar-refractivity contribution in [2.24, 2.45) is 0 Å². The number of aryl methyl sites for hydroxylation is 2. The quantitative estimate of drug-likeness (QED) is 0.933. The van der Waals surface area contributed by atoms with Crippen LogP contribution < -0.4 is 5.32 Å². The number of nitrogens with one attached hydrogen (secondary N) is 1. The van der Waals surface area contributed by atoms with Gasteiger partial charge in [0.15, 0.2) is 0 Å². The van der Waals surface area contributed by atoms with E-state index in [1.165, 1.54) is 22.7 Å². The lowest BCUT2D eigenvalue weighted by molar-refractivity contribution is 0.991. The lowest BCUT2D eigenvalue weighted by atomic mass is 10.1. The number of hydrogen-bond acceptors (Lipinski definition) is 4. The Morgan fingerprint density at radius 3 is 2.94 bits per heavy atom. The SMILES string of the molecule is CCc1nsc(NCc2cc(Br)ccc2C)n1. The molecule has 0 atom stereocenters. The van der Waals surface area contributed by atoms with Gasteiger partial charge in [-0.2, -0.15) is 4.37 Å². The van der Waals surface area contributed by atoms with Gasteiger partial charge in [-0.15, -0.1) is 0 Å². The average molecular weight is 312 g/mol. The van der Waals surface area contributed by atoms with Crippen LogP contribution in [0.4, 0.5) is 5.13 Å². The summed E-state index contributed by atoms with van der Waals surface area (Å²) in [4.78, 5) is 4.38. The molecule has 2 rings (SSSR count). The Morgan fingerprint density at radius 1 is 1.41 bits per heavy atom. The standard InChI is InChI=1S/C12H14BrN3S/c1-3-11-15-12(17-16-11)14-7-9-6-10(13)5-4-8(9)2/h4-6H,3,7H2,1-2H3,(H,14,15,16). The van der Waals surface area contributed by atoms with Crippen molar-refractivity contribution in [3.63, 3.8) is 0 Å². The molecule has 0 saturated heterocycles. The Hall–Kier alpha value is -0.940. The van der Waals surface area contributed by atoms with E-state index < -0.39 is 0 Å². The normalized spacial score (nSPS) is 10.5. The van der Waals surface area contributed by atoms with Crippen LogP contribution in [-0.2, 0) is 13.0 Å². The third kappa shape index (κ3) is 3.26. The summed E-state index contributed by atoms with van der Waals surface area (Å²) in [7, 11) is 0. The second-order valence-electron chi connectivity index (χ2n) is 3.79. The summed E-state index contributed by atoms with van der Waals surface area (Å²) in [5, 5.41) is 4.20. The van der Waals surface area contributed by atoms with E-state index in [-0.39, 0.29) is 0 Å². The molecule has 1 aromatic heterocycles. The lowest BCUT2D eigenvalue weighted by Crippen LogP contribution is -2.01. The Bertz CT molecular complexity index is 510. The number of rotatable bonds is 4. The monoisotopic (exact) mass is 311 g/mol. The Balaban J connectivity index is 2.04. The molecule has 1 N–H and O–H groups in total. The number of anilines is 1. The van der Waals surface area contributed by atoms with Crippen LogP contribution in [0.25, 0.3) is 0 Å². The number of nitrogens with zero attached hydrogens (tertiary/aromatic N) is 2. The van der Waals surface area contributed by atoms with Crippen LogP contribution in [0.2, 0.25) is 0 Å². The molecule has 0 spiro atoms. The van der Waals surface area contributed by atoms with Crippen LogP contribution in [0.1, 0.15) is 23.9 Å². The van der Waals surface area contributed by atoms with Gasteiger partial charge in [-0.1, -0.05) is 28.9 Å². The summed E-state index contributed by atoms with van der Waals surface area (Å²) < 4.78 is 5.35. The maximum absolute atomic E-state index is 4.38. The zero-order valence-electron chi connectivity index (χ0n) is 9.83. The van der Waals surface area contributed by atoms with Crippen molar-refractivity contribution in [3.8, 4) is 0 Å². The van der Waals surface area contributed by atoms with Gasteiger partial charge < -0.3 is 5.32 Å². The third-order valence-electron chi connectivity index (χ3n) is 2.53. The molecular formula is C12H14BrN3S. The molecule has 0 saturated carbocycles. The topological polar surface area (TPSA) is 37.8 Å². The van der Waals surface area contributed by atoms with E-state index in [4.69, 9.17) is 0 Å². The molecule has 0 bridgehead atoms. The molecule has 0 unspecified atom stereocenters. The highest BCUT2D eigenvalue weighted by molar-refractivity contribution is 9.10. The smallest absolute Gasteiger partial charge is 0.202 e. The van der Waals surface area contributed by atoms with Gasteiger partial charge in [0, 0.05) is 29.0 Å². The van der Waals surface area contributed by atoms with Crippen molar-refractivity contribution >= 4 is 32.6 Å². The number of halogens is 1. The summed E-state index contributed by atoms with van der Waals surface area (Å²) in [6.07, 6.45) is 0.883. The molecule has 3 nitrogen and oxygen atoms in total. The van der Waals surface area contributed by atoms with E-state index in [2.05, 4.69) is 62.7 Å². The minimum Gasteiger partial charge on any atom is -0.356 e. The molecule has 0 radical (unpaired) electrons. The first kappa shape index (κ1) is 12.5. The minimum absolute atomic E-state index is 0.781. The van der Waals surface area contributed by atoms with E-state index in [1.807, 2.05) is 0 Å². The third-order valence-corrected chi connectivity index (χ3v) is 3.73. The number of aromatic nitrogens is 2. The zero-order valence-corrected chi connectivity index (χ0v) is 12.2. The fourth-order valence-electron chi connectivity index (χ4n) is 1.47. The van der Waals surface area contributed by atoms with Gasteiger partial charge in [0.1, 0.15) is 5.82 Å². The van der Waals surface area contributed by atoms with Crippen LogP contribution in [0.3, 0.4) is 0 Å². The molecule has 0 aliphatic heterocycles. The highest BCUT2D eigenvalue weighted by Gasteiger charge is 2.03. The van der Waals surface area contributed by atoms with Crippen molar-refractivity contribution in [1.82, 2.24) is 9.36 Å². The highest BCUT2D eigenvalue weighted by Crippen LogP contribution is 2.18. The molecule has 17 heavy (non-hydrogen) atoms. The predicted molar refractivity (Wildman–Crippen MR) is 75.5 cm³/mol. The van der Waals surface area contributed by atoms with Crippen molar-refractivity contribution < 1.29 is 0 Å². The van der Waals surface area contributed by atoms with Crippen molar-refractivity contribution in [2.75, 3.05) is 5.32 Å². The van der Waals surface area contributed by atoms with Crippen LogP contribution >= 0.6 is 27.5 Å². The van der Waals surface area contributed by atoms with E-state index in [9.17, 15) is 0 Å². The fraction of sp³-hybridized carbons (Fsp3) is 0.333. The Morgan fingerprint density at radius 2 is 2.24 bits per heavy atom. The van der Waals surface area contributed by atoms with Crippen LogP contribution in [-0.4, -0.2) is 9.36 Å². The zero-order chi connectivity index (χ0) is 12.3. The molecule has 2 aromatic rings. The first-order chi connectivity index (χ1) is 8.19. The average Bonchev–Trinajstić information content (AvgIpc) is 2.78. The van der Waals surface area contributed by atoms with E-state index in [0.29, 0.717) is 0 Å². The first-order valence-electron chi connectivity index (χ1n) is 5.50. The summed E-state index contributed by atoms with van der Waals surface area (Å²) in [5.74, 6) is 0.906. The number of hydrogen-bond donors (Lipinski definition) is 1. The maximum atomic E-state index is 4.38. The first-order valence-corrected chi connectivity index (χ1v) is 7.07. The van der Waals surface area contributed by atoms with Crippen LogP contribution in [0.5, 0.6) is 0 Å². The van der Waals surface area contributed by atoms with Gasteiger partial charge in [-0.05, 0) is 30.2 Å². The predicted octanol–water partition coefficient (Wildman–Crippen LogP) is 3.78. The largest absolute Gasteiger partial charge is 0.356 e. The summed E-state index contributed by atoms with van der Waals surface area (Å²) in [6, 6.07) is 6.29. The van der Waals surface area contributed by atoms with Gasteiger partial charge in [0.05, 0.1) is 0 Å².